The van der Waals surface area contributed by atoms with Gasteiger partial charge in [-0.2, -0.15) is 0 Å². The van der Waals surface area contributed by atoms with E-state index < -0.39 is 0 Å². The van der Waals surface area contributed by atoms with Crippen molar-refractivity contribution < 1.29 is 0 Å². The van der Waals surface area contributed by atoms with Gasteiger partial charge in [0, 0.05) is 32.7 Å². The highest BCUT2D eigenvalue weighted by molar-refractivity contribution is 5.46. The van der Waals surface area contributed by atoms with Gasteiger partial charge in [-0.3, -0.25) is 4.90 Å². The number of anilines is 2. The van der Waals surface area contributed by atoms with Gasteiger partial charge in [0.25, 0.3) is 0 Å². The molecule has 2 heterocycles. The number of pyridine rings is 1. The molecule has 0 aromatic carbocycles. The van der Waals surface area contributed by atoms with E-state index in [0.29, 0.717) is 0 Å². The first-order valence-corrected chi connectivity index (χ1v) is 7.50. The first-order chi connectivity index (χ1) is 9.31. The fourth-order valence-electron chi connectivity index (χ4n) is 3.30. The number of nitrogens with zero attached hydrogens (tertiary/aromatic N) is 3. The Balaban J connectivity index is 1.50. The van der Waals surface area contributed by atoms with Crippen molar-refractivity contribution >= 4 is 11.5 Å². The van der Waals surface area contributed by atoms with Crippen molar-refractivity contribution in [1.82, 2.24) is 9.88 Å². The lowest BCUT2D eigenvalue weighted by Gasteiger charge is -2.36. The van der Waals surface area contributed by atoms with E-state index in [1.165, 1.54) is 45.3 Å². The number of piperazine rings is 1. The summed E-state index contributed by atoms with van der Waals surface area (Å²) in [5, 5.41) is 0. The van der Waals surface area contributed by atoms with E-state index in [1.54, 1.807) is 6.20 Å². The lowest BCUT2D eigenvalue weighted by molar-refractivity contribution is 0.219. The molecule has 1 saturated carbocycles. The molecule has 3 rings (SSSR count). The van der Waals surface area contributed by atoms with Crippen LogP contribution in [0.15, 0.2) is 18.3 Å². The highest BCUT2D eigenvalue weighted by atomic mass is 15.3. The summed E-state index contributed by atoms with van der Waals surface area (Å²) in [4.78, 5) is 9.41. The monoisotopic (exact) mass is 260 g/mol. The Morgan fingerprint density at radius 3 is 2.47 bits per heavy atom. The van der Waals surface area contributed by atoms with Crippen molar-refractivity contribution in [1.29, 1.82) is 0 Å². The molecule has 19 heavy (non-hydrogen) atoms. The van der Waals surface area contributed by atoms with Gasteiger partial charge in [0.05, 0.1) is 11.9 Å². The Morgan fingerprint density at radius 1 is 1.11 bits per heavy atom. The molecule has 2 N–H and O–H groups in total. The second kappa shape index (κ2) is 5.78. The summed E-state index contributed by atoms with van der Waals surface area (Å²) < 4.78 is 0. The third-order valence-corrected chi connectivity index (χ3v) is 4.46. The van der Waals surface area contributed by atoms with Gasteiger partial charge in [-0.15, -0.1) is 0 Å². The summed E-state index contributed by atoms with van der Waals surface area (Å²) in [7, 11) is 0. The van der Waals surface area contributed by atoms with Crippen molar-refractivity contribution in [2.24, 2.45) is 5.92 Å². The SMILES string of the molecule is Nc1ccc(N2CCN(CC3CCCC3)CC2)nc1. The third-order valence-electron chi connectivity index (χ3n) is 4.46. The molecule has 2 aliphatic rings. The maximum absolute atomic E-state index is 5.68. The molecule has 1 aromatic rings. The number of aromatic nitrogens is 1. The Bertz CT molecular complexity index is 389. The molecule has 0 bridgehead atoms. The zero-order chi connectivity index (χ0) is 13.1. The lowest BCUT2D eigenvalue weighted by Crippen LogP contribution is -2.47. The average Bonchev–Trinajstić information content (AvgIpc) is 2.94. The van der Waals surface area contributed by atoms with Crippen molar-refractivity contribution in [3.05, 3.63) is 18.3 Å². The van der Waals surface area contributed by atoms with E-state index in [0.717, 1.165) is 30.5 Å². The van der Waals surface area contributed by atoms with Gasteiger partial charge in [-0.1, -0.05) is 12.8 Å². The third kappa shape index (κ3) is 3.18. The highest BCUT2D eigenvalue weighted by Crippen LogP contribution is 2.26. The van der Waals surface area contributed by atoms with Crippen molar-refractivity contribution in [3.8, 4) is 0 Å². The molecule has 4 nitrogen and oxygen atoms in total. The predicted molar refractivity (Wildman–Crippen MR) is 79.3 cm³/mol. The van der Waals surface area contributed by atoms with Gasteiger partial charge in [-0.25, -0.2) is 4.98 Å². The van der Waals surface area contributed by atoms with Crippen LogP contribution < -0.4 is 10.6 Å². The number of rotatable bonds is 3. The number of hydrogen-bond acceptors (Lipinski definition) is 4. The first-order valence-electron chi connectivity index (χ1n) is 7.50. The zero-order valence-corrected chi connectivity index (χ0v) is 11.6. The second-order valence-corrected chi connectivity index (χ2v) is 5.89. The summed E-state index contributed by atoms with van der Waals surface area (Å²) in [6.45, 7) is 5.82. The highest BCUT2D eigenvalue weighted by Gasteiger charge is 2.22. The van der Waals surface area contributed by atoms with Gasteiger partial charge < -0.3 is 10.6 Å². The molecule has 0 unspecified atom stereocenters. The van der Waals surface area contributed by atoms with Crippen LogP contribution in [0.1, 0.15) is 25.7 Å². The molecule has 2 fully saturated rings. The summed E-state index contributed by atoms with van der Waals surface area (Å²) in [5.41, 5.74) is 6.42. The normalized spacial score (nSPS) is 22.0. The Kier molecular flexibility index (Phi) is 3.87. The van der Waals surface area contributed by atoms with E-state index in [9.17, 15) is 0 Å². The van der Waals surface area contributed by atoms with E-state index in [1.807, 2.05) is 12.1 Å². The van der Waals surface area contributed by atoms with Gasteiger partial charge in [0.2, 0.25) is 0 Å². The maximum atomic E-state index is 5.68. The van der Waals surface area contributed by atoms with Crippen LogP contribution in [-0.4, -0.2) is 42.6 Å². The van der Waals surface area contributed by atoms with Crippen LogP contribution in [0.5, 0.6) is 0 Å². The molecule has 0 spiro atoms. The number of nitrogens with two attached hydrogens (primary N) is 1. The lowest BCUT2D eigenvalue weighted by atomic mass is 10.1. The van der Waals surface area contributed by atoms with Gasteiger partial charge in [0.15, 0.2) is 0 Å². The molecule has 0 amide bonds. The Morgan fingerprint density at radius 2 is 1.84 bits per heavy atom. The Hall–Kier alpha value is -1.29. The van der Waals surface area contributed by atoms with Crippen LogP contribution in [-0.2, 0) is 0 Å². The molecule has 0 atom stereocenters. The molecule has 1 aliphatic carbocycles. The van der Waals surface area contributed by atoms with E-state index in [-0.39, 0.29) is 0 Å². The predicted octanol–water partition coefficient (Wildman–Crippen LogP) is 1.98. The largest absolute Gasteiger partial charge is 0.397 e. The van der Waals surface area contributed by atoms with Gasteiger partial charge in [-0.05, 0) is 30.9 Å². The van der Waals surface area contributed by atoms with Crippen LogP contribution in [0, 0.1) is 5.92 Å². The summed E-state index contributed by atoms with van der Waals surface area (Å²) in [6.07, 6.45) is 7.53. The molecular formula is C15H24N4. The van der Waals surface area contributed by atoms with Crippen molar-refractivity contribution in [2.45, 2.75) is 25.7 Å². The fourth-order valence-corrected chi connectivity index (χ4v) is 3.30. The molecular weight excluding hydrogens is 236 g/mol. The number of hydrogen-bond donors (Lipinski definition) is 1. The number of nitrogen functional groups attached to an aromatic ring is 1. The molecule has 4 heteroatoms. The topological polar surface area (TPSA) is 45.4 Å². The smallest absolute Gasteiger partial charge is 0.128 e. The second-order valence-electron chi connectivity index (χ2n) is 5.89. The fraction of sp³-hybridized carbons (Fsp3) is 0.667. The minimum Gasteiger partial charge on any atom is -0.397 e. The molecule has 1 saturated heterocycles. The molecule has 1 aliphatic heterocycles. The summed E-state index contributed by atoms with van der Waals surface area (Å²) in [5.74, 6) is 2.02. The minimum atomic E-state index is 0.739. The Labute approximate surface area is 115 Å². The molecule has 104 valence electrons. The van der Waals surface area contributed by atoms with Crippen LogP contribution >= 0.6 is 0 Å². The zero-order valence-electron chi connectivity index (χ0n) is 11.6. The van der Waals surface area contributed by atoms with Crippen LogP contribution in [0.25, 0.3) is 0 Å². The van der Waals surface area contributed by atoms with E-state index in [4.69, 9.17) is 5.73 Å². The van der Waals surface area contributed by atoms with Crippen molar-refractivity contribution in [3.63, 3.8) is 0 Å². The summed E-state index contributed by atoms with van der Waals surface area (Å²) >= 11 is 0. The molecule has 0 radical (unpaired) electrons. The standard InChI is InChI=1S/C15H24N4/c16-14-5-6-15(17-11-14)19-9-7-18(8-10-19)12-13-3-1-2-4-13/h5-6,11,13H,1-4,7-10,12,16H2. The van der Waals surface area contributed by atoms with Crippen LogP contribution in [0.3, 0.4) is 0 Å². The minimum absolute atomic E-state index is 0.739. The first kappa shape index (κ1) is 12.7. The summed E-state index contributed by atoms with van der Waals surface area (Å²) in [6, 6.07) is 3.97. The van der Waals surface area contributed by atoms with Crippen LogP contribution in [0.4, 0.5) is 11.5 Å². The van der Waals surface area contributed by atoms with E-state index in [2.05, 4.69) is 14.8 Å². The molecule has 1 aromatic heterocycles. The quantitative estimate of drug-likeness (QED) is 0.902. The van der Waals surface area contributed by atoms with Gasteiger partial charge in [0.1, 0.15) is 5.82 Å². The average molecular weight is 260 g/mol. The van der Waals surface area contributed by atoms with Crippen molar-refractivity contribution in [2.75, 3.05) is 43.4 Å². The van der Waals surface area contributed by atoms with Crippen LogP contribution in [0.2, 0.25) is 0 Å². The van der Waals surface area contributed by atoms with Gasteiger partial charge >= 0.3 is 0 Å². The van der Waals surface area contributed by atoms with E-state index >= 15 is 0 Å². The maximum Gasteiger partial charge on any atom is 0.128 e.